The maximum Gasteiger partial charge on any atom is 0.522 e. The number of rotatable bonds is 0. The molecule has 0 aliphatic carbocycles. The number of halogens is 3. The van der Waals surface area contributed by atoms with Crippen LogP contribution in [0.1, 0.15) is 0 Å². The molecule has 0 spiro atoms. The second-order valence-electron chi connectivity index (χ2n) is 2.23. The van der Waals surface area contributed by atoms with Crippen molar-refractivity contribution in [1.29, 1.82) is 0 Å². The molecule has 1 amide bonds. The van der Waals surface area contributed by atoms with Gasteiger partial charge < -0.3 is 5.73 Å². The van der Waals surface area contributed by atoms with E-state index >= 15 is 0 Å². The van der Waals surface area contributed by atoms with Crippen LogP contribution >= 0.6 is 0 Å². The molecule has 0 aliphatic rings. The van der Waals surface area contributed by atoms with E-state index in [2.05, 4.69) is 4.98 Å². The number of carbonyl (C=O) groups is 1. The predicted molar refractivity (Wildman–Crippen MR) is 44.8 cm³/mol. The molecule has 0 unspecified atom stereocenters. The van der Waals surface area contributed by atoms with Gasteiger partial charge in [0.15, 0.2) is 0 Å². The summed E-state index contributed by atoms with van der Waals surface area (Å²) < 4.78 is 58.7. The van der Waals surface area contributed by atoms with Crippen LogP contribution in [0.4, 0.5) is 18.0 Å². The van der Waals surface area contributed by atoms with Gasteiger partial charge in [0.05, 0.1) is 0 Å². The Morgan fingerprint density at radius 2 is 1.88 bits per heavy atom. The second-order valence-corrected chi connectivity index (χ2v) is 3.64. The van der Waals surface area contributed by atoms with Crippen molar-refractivity contribution in [1.82, 2.24) is 9.55 Å². The van der Waals surface area contributed by atoms with Crippen molar-refractivity contribution >= 4 is 16.1 Å². The van der Waals surface area contributed by atoms with Crippen molar-refractivity contribution in [2.24, 2.45) is 5.73 Å². The van der Waals surface area contributed by atoms with E-state index in [0.29, 0.717) is 0 Å². The lowest BCUT2D eigenvalue weighted by Crippen LogP contribution is -2.21. The highest BCUT2D eigenvalue weighted by Crippen LogP contribution is 2.20. The Labute approximate surface area is 87.4 Å². The van der Waals surface area contributed by atoms with Gasteiger partial charge in [-0.05, 0) is 0 Å². The van der Waals surface area contributed by atoms with Crippen LogP contribution in [0.5, 0.6) is 0 Å². The minimum atomic E-state index is -5.84. The van der Waals surface area contributed by atoms with Gasteiger partial charge in [0.2, 0.25) is 0 Å². The van der Waals surface area contributed by atoms with Crippen LogP contribution in [-0.2, 0) is 10.1 Å². The molecule has 0 fully saturated rings. The second kappa shape index (κ2) is 4.94. The summed E-state index contributed by atoms with van der Waals surface area (Å²) in [6.45, 7) is 0. The first-order valence-electron chi connectivity index (χ1n) is 3.37. The molecule has 0 radical (unpaired) electrons. The Morgan fingerprint density at radius 1 is 1.44 bits per heavy atom. The van der Waals surface area contributed by atoms with E-state index in [9.17, 15) is 18.0 Å². The van der Waals surface area contributed by atoms with Crippen LogP contribution in [0.15, 0.2) is 18.7 Å². The maximum atomic E-state index is 10.7. The molecule has 1 heterocycles. The van der Waals surface area contributed by atoms with Crippen molar-refractivity contribution in [3.63, 3.8) is 0 Å². The normalized spacial score (nSPS) is 11.5. The summed E-state index contributed by atoms with van der Waals surface area (Å²) in [5.41, 5.74) is -0.692. The molecular formula is C5H6F3N3O4S. The molecule has 0 bridgehead atoms. The van der Waals surface area contributed by atoms with E-state index < -0.39 is 21.7 Å². The van der Waals surface area contributed by atoms with E-state index in [4.69, 9.17) is 18.7 Å². The average Bonchev–Trinajstić information content (AvgIpc) is 2.51. The predicted octanol–water partition coefficient (Wildman–Crippen LogP) is 0.204. The highest BCUT2D eigenvalue weighted by Gasteiger charge is 2.44. The summed E-state index contributed by atoms with van der Waals surface area (Å²) in [7, 11) is -5.84. The van der Waals surface area contributed by atoms with Gasteiger partial charge in [-0.2, -0.15) is 21.6 Å². The minimum absolute atomic E-state index is 0.512. The van der Waals surface area contributed by atoms with Crippen molar-refractivity contribution in [2.45, 2.75) is 5.51 Å². The van der Waals surface area contributed by atoms with Gasteiger partial charge >= 0.3 is 21.7 Å². The van der Waals surface area contributed by atoms with Gasteiger partial charge in [-0.3, -0.25) is 9.12 Å². The summed E-state index contributed by atoms with van der Waals surface area (Å²) in [6, 6.07) is -0.512. The molecule has 0 aliphatic heterocycles. The minimum Gasteiger partial charge on any atom is -0.351 e. The van der Waals surface area contributed by atoms with Crippen molar-refractivity contribution < 1.29 is 30.9 Å². The number of nitrogens with zero attached hydrogens (tertiary/aromatic N) is 2. The molecule has 0 saturated carbocycles. The zero-order chi connectivity index (χ0) is 13.0. The molecule has 0 aromatic carbocycles. The summed E-state index contributed by atoms with van der Waals surface area (Å²) in [5.74, 6) is 0. The Morgan fingerprint density at radius 3 is 2.00 bits per heavy atom. The third kappa shape index (κ3) is 4.75. The smallest absolute Gasteiger partial charge is 0.351 e. The van der Waals surface area contributed by atoms with Gasteiger partial charge in [-0.1, -0.05) is 0 Å². The molecular weight excluding hydrogens is 255 g/mol. The van der Waals surface area contributed by atoms with Crippen LogP contribution in [0.3, 0.4) is 0 Å². The van der Waals surface area contributed by atoms with E-state index in [-0.39, 0.29) is 0 Å². The number of hydrogen-bond acceptors (Lipinski definition) is 4. The zero-order valence-electron chi connectivity index (χ0n) is 7.42. The Bertz CT molecular complexity index is 438. The number of carbonyl (C=O) groups excluding carboxylic acids is 1. The number of aromatic nitrogens is 2. The van der Waals surface area contributed by atoms with Crippen molar-refractivity contribution in [2.75, 3.05) is 0 Å². The average molecular weight is 261 g/mol. The summed E-state index contributed by atoms with van der Waals surface area (Å²) in [5, 5.41) is 0. The zero-order valence-corrected chi connectivity index (χ0v) is 8.23. The fourth-order valence-corrected chi connectivity index (χ4v) is 0.389. The topological polar surface area (TPSA) is 115 Å². The van der Waals surface area contributed by atoms with Crippen LogP contribution in [0, 0.1) is 0 Å². The first-order chi connectivity index (χ1) is 7.05. The standard InChI is InChI=1S/C4H5N3O.CHF3O3S/c5-4(8)7-2-1-6-3-7;2-1(3,4)8(5,6)7/h1-3H,(H2,5,8);(H,5,6,7). The van der Waals surface area contributed by atoms with E-state index in [1.54, 1.807) is 0 Å². The molecule has 0 atom stereocenters. The van der Waals surface area contributed by atoms with Gasteiger partial charge in [0, 0.05) is 12.4 Å². The molecule has 92 valence electrons. The van der Waals surface area contributed by atoms with E-state index in [1.807, 2.05) is 0 Å². The molecule has 3 N–H and O–H groups in total. The monoisotopic (exact) mass is 261 g/mol. The van der Waals surface area contributed by atoms with Gasteiger partial charge in [0.1, 0.15) is 6.33 Å². The van der Waals surface area contributed by atoms with E-state index in [1.165, 1.54) is 23.3 Å². The lowest BCUT2D eigenvalue weighted by Gasteiger charge is -1.97. The third-order valence-corrected chi connectivity index (χ3v) is 1.64. The Balaban J connectivity index is 0.000000281. The number of alkyl halides is 3. The molecule has 1 aromatic rings. The van der Waals surface area contributed by atoms with Gasteiger partial charge in [0.25, 0.3) is 0 Å². The number of primary amides is 1. The van der Waals surface area contributed by atoms with Crippen LogP contribution in [0.2, 0.25) is 0 Å². The SMILES string of the molecule is NC(=O)n1ccnc1.O=S(=O)(O)C(F)(F)F. The maximum absolute atomic E-state index is 10.7. The molecule has 16 heavy (non-hydrogen) atoms. The third-order valence-electron chi connectivity index (χ3n) is 1.05. The first-order valence-corrected chi connectivity index (χ1v) is 4.81. The summed E-state index contributed by atoms with van der Waals surface area (Å²) >= 11 is 0. The van der Waals surface area contributed by atoms with Crippen LogP contribution in [-0.4, -0.2) is 34.1 Å². The largest absolute Gasteiger partial charge is 0.522 e. The number of hydrogen-bond donors (Lipinski definition) is 2. The first kappa shape index (κ1) is 14.4. The molecule has 1 rings (SSSR count). The van der Waals surface area contributed by atoms with Gasteiger partial charge in [-0.25, -0.2) is 9.78 Å². The number of imidazole rings is 1. The Kier molecular flexibility index (Phi) is 4.44. The van der Waals surface area contributed by atoms with Crippen LogP contribution in [0.25, 0.3) is 0 Å². The molecule has 7 nitrogen and oxygen atoms in total. The molecule has 11 heteroatoms. The van der Waals surface area contributed by atoms with Crippen molar-refractivity contribution in [3.8, 4) is 0 Å². The highest BCUT2D eigenvalue weighted by molar-refractivity contribution is 7.86. The van der Waals surface area contributed by atoms with Crippen molar-refractivity contribution in [3.05, 3.63) is 18.7 Å². The quantitative estimate of drug-likeness (QED) is 0.511. The van der Waals surface area contributed by atoms with Crippen LogP contribution < -0.4 is 5.73 Å². The van der Waals surface area contributed by atoms with Gasteiger partial charge in [-0.15, -0.1) is 0 Å². The lowest BCUT2D eigenvalue weighted by molar-refractivity contribution is -0.0510. The Hall–Kier alpha value is -1.62. The lowest BCUT2D eigenvalue weighted by atomic mass is 10.9. The highest BCUT2D eigenvalue weighted by atomic mass is 32.2. The fraction of sp³-hybridized carbons (Fsp3) is 0.200. The summed E-state index contributed by atoms with van der Waals surface area (Å²) in [4.78, 5) is 13.8. The summed E-state index contributed by atoms with van der Waals surface area (Å²) in [6.07, 6.45) is 4.33. The molecule has 1 aromatic heterocycles. The fourth-order valence-electron chi connectivity index (χ4n) is 0.389. The molecule has 0 saturated heterocycles. The number of amides is 1. The number of nitrogens with two attached hydrogens (primary N) is 1. The van der Waals surface area contributed by atoms with E-state index in [0.717, 1.165) is 0 Å².